The fourth-order valence-electron chi connectivity index (χ4n) is 3.11. The minimum atomic E-state index is -0.716. The van der Waals surface area contributed by atoms with E-state index in [9.17, 15) is 14.4 Å². The molecule has 0 aliphatic rings. The second-order valence-corrected chi connectivity index (χ2v) is 8.40. The van der Waals surface area contributed by atoms with Crippen LogP contribution in [0.1, 0.15) is 51.2 Å². The second-order valence-electron chi connectivity index (χ2n) is 8.40. The number of benzene rings is 2. The first-order valence-electron chi connectivity index (χ1n) is 11.4. The average molecular weight is 454 g/mol. The molecular weight excluding hydrogens is 418 g/mol. The molecule has 0 aromatic heterocycles. The SMILES string of the molecule is CCC(C)NC(=O)C(Cc1ccc(OCc2ccccc2)cc1)NC(=O)CCC(C)C(N)=O. The Bertz CT molecular complexity index is 900. The normalized spacial score (nSPS) is 13.4. The first kappa shape index (κ1) is 25.9. The largest absolute Gasteiger partial charge is 0.489 e. The van der Waals surface area contributed by atoms with Gasteiger partial charge in [0.25, 0.3) is 0 Å². The molecule has 0 aliphatic heterocycles. The Balaban J connectivity index is 1.99. The Labute approximate surface area is 196 Å². The quantitative estimate of drug-likeness (QED) is 0.433. The monoisotopic (exact) mass is 453 g/mol. The molecule has 0 saturated carbocycles. The zero-order valence-electron chi connectivity index (χ0n) is 19.7. The molecular formula is C26H35N3O4. The van der Waals surface area contributed by atoms with E-state index in [0.717, 1.165) is 23.3 Å². The first-order valence-corrected chi connectivity index (χ1v) is 11.4. The molecule has 2 rings (SSSR count). The highest BCUT2D eigenvalue weighted by Crippen LogP contribution is 2.16. The summed E-state index contributed by atoms with van der Waals surface area (Å²) in [4.78, 5) is 36.5. The maximum Gasteiger partial charge on any atom is 0.243 e. The Morgan fingerprint density at radius 1 is 0.939 bits per heavy atom. The van der Waals surface area contributed by atoms with Crippen LogP contribution in [0.2, 0.25) is 0 Å². The van der Waals surface area contributed by atoms with Gasteiger partial charge in [0.05, 0.1) is 0 Å². The molecule has 0 saturated heterocycles. The van der Waals surface area contributed by atoms with Gasteiger partial charge in [0.15, 0.2) is 0 Å². The van der Waals surface area contributed by atoms with Crippen molar-refractivity contribution >= 4 is 17.7 Å². The predicted molar refractivity (Wildman–Crippen MR) is 128 cm³/mol. The molecule has 4 N–H and O–H groups in total. The number of hydrogen-bond acceptors (Lipinski definition) is 4. The number of ether oxygens (including phenoxy) is 1. The molecule has 3 unspecified atom stereocenters. The van der Waals surface area contributed by atoms with Crippen molar-refractivity contribution in [3.63, 3.8) is 0 Å². The highest BCUT2D eigenvalue weighted by atomic mass is 16.5. The van der Waals surface area contributed by atoms with Crippen LogP contribution in [-0.4, -0.2) is 29.8 Å². The van der Waals surface area contributed by atoms with Gasteiger partial charge in [-0.25, -0.2) is 0 Å². The molecule has 7 nitrogen and oxygen atoms in total. The van der Waals surface area contributed by atoms with E-state index in [1.165, 1.54) is 0 Å². The van der Waals surface area contributed by atoms with E-state index < -0.39 is 17.9 Å². The van der Waals surface area contributed by atoms with Crippen LogP contribution >= 0.6 is 0 Å². The van der Waals surface area contributed by atoms with E-state index >= 15 is 0 Å². The van der Waals surface area contributed by atoms with Gasteiger partial charge in [0.2, 0.25) is 17.7 Å². The van der Waals surface area contributed by atoms with Crippen LogP contribution < -0.4 is 21.1 Å². The summed E-state index contributed by atoms with van der Waals surface area (Å²) in [5, 5.41) is 5.75. The standard InChI is InChI=1S/C26H35N3O4/c1-4-19(3)28-26(32)23(29-24(30)15-10-18(2)25(27)31)16-20-11-13-22(14-12-20)33-17-21-8-6-5-7-9-21/h5-9,11-14,18-19,23H,4,10,15-17H2,1-3H3,(H2,27,31)(H,28,32)(H,29,30). The molecule has 0 radical (unpaired) electrons. The number of rotatable bonds is 13. The number of hydrogen-bond donors (Lipinski definition) is 3. The third-order valence-electron chi connectivity index (χ3n) is 5.55. The molecule has 0 heterocycles. The molecule has 0 bridgehead atoms. The zero-order chi connectivity index (χ0) is 24.2. The molecule has 2 aromatic rings. The van der Waals surface area contributed by atoms with Crippen molar-refractivity contribution < 1.29 is 19.1 Å². The summed E-state index contributed by atoms with van der Waals surface area (Å²) in [6.07, 6.45) is 1.60. The molecule has 3 amide bonds. The number of nitrogens with two attached hydrogens (primary N) is 1. The van der Waals surface area contributed by atoms with Gasteiger partial charge in [0, 0.05) is 24.8 Å². The minimum Gasteiger partial charge on any atom is -0.489 e. The maximum absolute atomic E-state index is 12.8. The lowest BCUT2D eigenvalue weighted by Crippen LogP contribution is -2.50. The fourth-order valence-corrected chi connectivity index (χ4v) is 3.11. The topological polar surface area (TPSA) is 111 Å². The van der Waals surface area contributed by atoms with Crippen molar-refractivity contribution in [3.05, 3.63) is 65.7 Å². The molecule has 2 aromatic carbocycles. The highest BCUT2D eigenvalue weighted by Gasteiger charge is 2.23. The molecule has 3 atom stereocenters. The Hall–Kier alpha value is -3.35. The third-order valence-corrected chi connectivity index (χ3v) is 5.55. The summed E-state index contributed by atoms with van der Waals surface area (Å²) in [6, 6.07) is 16.7. The molecule has 178 valence electrons. The Morgan fingerprint density at radius 2 is 1.61 bits per heavy atom. The van der Waals surface area contributed by atoms with Gasteiger partial charge >= 0.3 is 0 Å². The summed E-state index contributed by atoms with van der Waals surface area (Å²) in [5.74, 6) is -0.622. The number of nitrogens with one attached hydrogen (secondary N) is 2. The zero-order valence-corrected chi connectivity index (χ0v) is 19.7. The van der Waals surface area contributed by atoms with Gasteiger partial charge in [-0.2, -0.15) is 0 Å². The van der Waals surface area contributed by atoms with Crippen molar-refractivity contribution in [2.45, 2.75) is 65.1 Å². The van der Waals surface area contributed by atoms with Crippen molar-refractivity contribution in [1.29, 1.82) is 0 Å². The predicted octanol–water partition coefficient (Wildman–Crippen LogP) is 3.11. The summed E-state index contributed by atoms with van der Waals surface area (Å²) < 4.78 is 5.82. The summed E-state index contributed by atoms with van der Waals surface area (Å²) in [7, 11) is 0. The fraction of sp³-hybridized carbons (Fsp3) is 0.423. The number of primary amides is 1. The van der Waals surface area contributed by atoms with E-state index in [0.29, 0.717) is 19.4 Å². The molecule has 0 spiro atoms. The molecule has 33 heavy (non-hydrogen) atoms. The van der Waals surface area contributed by atoms with Gasteiger partial charge in [-0.05, 0) is 43.0 Å². The Kier molecular flexibility index (Phi) is 10.4. The lowest BCUT2D eigenvalue weighted by molar-refractivity contribution is -0.129. The second kappa shape index (κ2) is 13.3. The van der Waals surface area contributed by atoms with Crippen LogP contribution in [0.3, 0.4) is 0 Å². The Morgan fingerprint density at radius 3 is 2.21 bits per heavy atom. The van der Waals surface area contributed by atoms with Crippen molar-refractivity contribution in [1.82, 2.24) is 10.6 Å². The number of carbonyl (C=O) groups excluding carboxylic acids is 3. The van der Waals surface area contributed by atoms with E-state index in [-0.39, 0.29) is 24.3 Å². The molecule has 0 aliphatic carbocycles. The molecule has 0 fully saturated rings. The van der Waals surface area contributed by atoms with Crippen LogP contribution in [0.5, 0.6) is 5.75 Å². The minimum absolute atomic E-state index is 0.000508. The maximum atomic E-state index is 12.8. The van der Waals surface area contributed by atoms with E-state index in [1.807, 2.05) is 68.4 Å². The lowest BCUT2D eigenvalue weighted by atomic mass is 10.0. The van der Waals surface area contributed by atoms with Crippen LogP contribution in [0, 0.1) is 5.92 Å². The molecule has 7 heteroatoms. The van der Waals surface area contributed by atoms with Gasteiger partial charge in [-0.3, -0.25) is 14.4 Å². The van der Waals surface area contributed by atoms with Gasteiger partial charge < -0.3 is 21.1 Å². The van der Waals surface area contributed by atoms with Crippen molar-refractivity contribution in [3.8, 4) is 5.75 Å². The smallest absolute Gasteiger partial charge is 0.243 e. The van der Waals surface area contributed by atoms with Crippen molar-refractivity contribution in [2.75, 3.05) is 0 Å². The van der Waals surface area contributed by atoms with E-state index in [1.54, 1.807) is 6.92 Å². The average Bonchev–Trinajstić information content (AvgIpc) is 2.82. The van der Waals surface area contributed by atoms with E-state index in [4.69, 9.17) is 10.5 Å². The van der Waals surface area contributed by atoms with Crippen LogP contribution in [0.4, 0.5) is 0 Å². The number of amides is 3. The van der Waals surface area contributed by atoms with Gasteiger partial charge in [-0.1, -0.05) is 56.3 Å². The lowest BCUT2D eigenvalue weighted by Gasteiger charge is -2.21. The van der Waals surface area contributed by atoms with Gasteiger partial charge in [-0.15, -0.1) is 0 Å². The van der Waals surface area contributed by atoms with Crippen LogP contribution in [-0.2, 0) is 27.4 Å². The summed E-state index contributed by atoms with van der Waals surface area (Å²) >= 11 is 0. The highest BCUT2D eigenvalue weighted by molar-refractivity contribution is 5.88. The summed E-state index contributed by atoms with van der Waals surface area (Å²) in [5.41, 5.74) is 7.25. The van der Waals surface area contributed by atoms with E-state index in [2.05, 4.69) is 10.6 Å². The van der Waals surface area contributed by atoms with Crippen molar-refractivity contribution in [2.24, 2.45) is 11.7 Å². The van der Waals surface area contributed by atoms with Crippen LogP contribution in [0.25, 0.3) is 0 Å². The van der Waals surface area contributed by atoms with Crippen LogP contribution in [0.15, 0.2) is 54.6 Å². The summed E-state index contributed by atoms with van der Waals surface area (Å²) in [6.45, 7) is 6.06. The third kappa shape index (κ3) is 9.35. The first-order chi connectivity index (χ1) is 15.8. The number of carbonyl (C=O) groups is 3. The van der Waals surface area contributed by atoms with Gasteiger partial charge in [0.1, 0.15) is 18.4 Å².